The summed E-state index contributed by atoms with van der Waals surface area (Å²) in [7, 11) is 1.64. The second-order valence-corrected chi connectivity index (χ2v) is 3.37. The molecule has 2 rings (SSSR count). The van der Waals surface area contributed by atoms with Crippen LogP contribution in [0, 0.1) is 0 Å². The molecule has 3 heteroatoms. The number of hydrogen-bond donors (Lipinski definition) is 2. The fraction of sp³-hybridized carbons (Fsp3) is 0.400. The smallest absolute Gasteiger partial charge is 0.121 e. The predicted octanol–water partition coefficient (Wildman–Crippen LogP) is 1.85. The van der Waals surface area contributed by atoms with Crippen LogP contribution in [0.2, 0.25) is 0 Å². The molecule has 0 radical (unpaired) electrons. The maximum Gasteiger partial charge on any atom is 0.121 e. The largest absolute Gasteiger partial charge is 0.497 e. The summed E-state index contributed by atoms with van der Waals surface area (Å²) in [4.78, 5) is 0. The monoisotopic (exact) mass is 178 g/mol. The fourth-order valence-electron chi connectivity index (χ4n) is 1.25. The first-order chi connectivity index (χ1) is 6.29. The Bertz CT molecular complexity index is 308. The molecule has 0 atom stereocenters. The van der Waals surface area contributed by atoms with E-state index in [1.807, 2.05) is 18.2 Å². The van der Waals surface area contributed by atoms with Crippen LogP contribution in [-0.2, 0) is 0 Å². The zero-order valence-electron chi connectivity index (χ0n) is 7.71. The molecule has 13 heavy (non-hydrogen) atoms. The number of nitrogens with two attached hydrogens (primary N) is 1. The Kier molecular flexibility index (Phi) is 2.00. The van der Waals surface area contributed by atoms with Gasteiger partial charge in [-0.1, -0.05) is 0 Å². The molecule has 1 aromatic rings. The summed E-state index contributed by atoms with van der Waals surface area (Å²) < 4.78 is 5.06. The van der Waals surface area contributed by atoms with Gasteiger partial charge in [-0.25, -0.2) is 0 Å². The first kappa shape index (κ1) is 8.23. The van der Waals surface area contributed by atoms with E-state index in [4.69, 9.17) is 10.5 Å². The van der Waals surface area contributed by atoms with Crippen LogP contribution >= 0.6 is 0 Å². The molecule has 0 heterocycles. The second kappa shape index (κ2) is 3.17. The molecule has 1 fully saturated rings. The van der Waals surface area contributed by atoms with Crippen LogP contribution in [0.5, 0.6) is 5.75 Å². The Morgan fingerprint density at radius 3 is 2.77 bits per heavy atom. The zero-order valence-corrected chi connectivity index (χ0v) is 7.71. The maximum absolute atomic E-state index is 5.83. The van der Waals surface area contributed by atoms with Crippen molar-refractivity contribution in [3.05, 3.63) is 18.2 Å². The van der Waals surface area contributed by atoms with E-state index in [1.54, 1.807) is 7.11 Å². The standard InChI is InChI=1S/C10H14N2O/c1-13-8-4-5-10(9(11)6-8)12-7-2-3-7/h4-7,12H,2-3,11H2,1H3. The summed E-state index contributed by atoms with van der Waals surface area (Å²) in [6, 6.07) is 6.36. The topological polar surface area (TPSA) is 47.3 Å². The summed E-state index contributed by atoms with van der Waals surface area (Å²) in [6.45, 7) is 0. The van der Waals surface area contributed by atoms with E-state index in [2.05, 4.69) is 5.32 Å². The number of rotatable bonds is 3. The van der Waals surface area contributed by atoms with E-state index in [1.165, 1.54) is 12.8 Å². The predicted molar refractivity (Wildman–Crippen MR) is 54.1 cm³/mol. The van der Waals surface area contributed by atoms with Crippen LogP contribution in [0.4, 0.5) is 11.4 Å². The van der Waals surface area contributed by atoms with Crippen molar-refractivity contribution in [3.63, 3.8) is 0 Å². The number of nitrogen functional groups attached to an aromatic ring is 1. The van der Waals surface area contributed by atoms with E-state index in [-0.39, 0.29) is 0 Å². The van der Waals surface area contributed by atoms with Crippen LogP contribution in [0.25, 0.3) is 0 Å². The highest BCUT2D eigenvalue weighted by Gasteiger charge is 2.21. The minimum Gasteiger partial charge on any atom is -0.497 e. The molecule has 0 saturated heterocycles. The second-order valence-electron chi connectivity index (χ2n) is 3.37. The lowest BCUT2D eigenvalue weighted by Gasteiger charge is -2.09. The van der Waals surface area contributed by atoms with Crippen molar-refractivity contribution in [3.8, 4) is 5.75 Å². The highest BCUT2D eigenvalue weighted by Crippen LogP contribution is 2.30. The molecule has 1 saturated carbocycles. The van der Waals surface area contributed by atoms with Gasteiger partial charge in [-0.3, -0.25) is 0 Å². The van der Waals surface area contributed by atoms with Gasteiger partial charge in [0.25, 0.3) is 0 Å². The first-order valence-electron chi connectivity index (χ1n) is 4.49. The minimum absolute atomic E-state index is 0.635. The Hall–Kier alpha value is -1.38. The summed E-state index contributed by atoms with van der Waals surface area (Å²) in [5.74, 6) is 0.804. The van der Waals surface area contributed by atoms with Crippen molar-refractivity contribution in [2.45, 2.75) is 18.9 Å². The fourth-order valence-corrected chi connectivity index (χ4v) is 1.25. The van der Waals surface area contributed by atoms with Gasteiger partial charge in [-0.15, -0.1) is 0 Å². The molecule has 0 amide bonds. The Balaban J connectivity index is 2.15. The molecule has 0 unspecified atom stereocenters. The van der Waals surface area contributed by atoms with Gasteiger partial charge in [-0.2, -0.15) is 0 Å². The zero-order chi connectivity index (χ0) is 9.26. The molecule has 70 valence electrons. The van der Waals surface area contributed by atoms with Crippen molar-refractivity contribution in [2.24, 2.45) is 0 Å². The number of benzene rings is 1. The maximum atomic E-state index is 5.83. The van der Waals surface area contributed by atoms with Crippen LogP contribution < -0.4 is 15.8 Å². The number of anilines is 2. The van der Waals surface area contributed by atoms with Crippen molar-refractivity contribution < 1.29 is 4.74 Å². The van der Waals surface area contributed by atoms with Gasteiger partial charge in [0.05, 0.1) is 18.5 Å². The Labute approximate surface area is 77.9 Å². The average molecular weight is 178 g/mol. The number of nitrogens with one attached hydrogen (secondary N) is 1. The lowest BCUT2D eigenvalue weighted by Crippen LogP contribution is -2.03. The van der Waals surface area contributed by atoms with Gasteiger partial charge in [-0.05, 0) is 25.0 Å². The van der Waals surface area contributed by atoms with Crippen molar-refractivity contribution in [2.75, 3.05) is 18.2 Å². The minimum atomic E-state index is 0.635. The third kappa shape index (κ3) is 1.86. The summed E-state index contributed by atoms with van der Waals surface area (Å²) >= 11 is 0. The van der Waals surface area contributed by atoms with Gasteiger partial charge < -0.3 is 15.8 Å². The third-order valence-corrected chi connectivity index (χ3v) is 2.20. The highest BCUT2D eigenvalue weighted by molar-refractivity contribution is 5.68. The quantitative estimate of drug-likeness (QED) is 0.694. The molecule has 0 spiro atoms. The number of methoxy groups -OCH3 is 1. The molecule has 3 nitrogen and oxygen atoms in total. The summed E-state index contributed by atoms with van der Waals surface area (Å²) in [5, 5.41) is 3.35. The number of ether oxygens (including phenoxy) is 1. The molecule has 0 aromatic heterocycles. The van der Waals surface area contributed by atoms with E-state index in [9.17, 15) is 0 Å². The highest BCUT2D eigenvalue weighted by atomic mass is 16.5. The van der Waals surface area contributed by atoms with Crippen LogP contribution in [-0.4, -0.2) is 13.2 Å². The van der Waals surface area contributed by atoms with E-state index in [0.29, 0.717) is 6.04 Å². The summed E-state index contributed by atoms with van der Waals surface area (Å²) in [6.07, 6.45) is 2.51. The first-order valence-corrected chi connectivity index (χ1v) is 4.49. The average Bonchev–Trinajstić information content (AvgIpc) is 2.92. The van der Waals surface area contributed by atoms with Gasteiger partial charge in [0.15, 0.2) is 0 Å². The van der Waals surface area contributed by atoms with Gasteiger partial charge >= 0.3 is 0 Å². The normalized spacial score (nSPS) is 15.5. The molecule has 0 aliphatic heterocycles. The van der Waals surface area contributed by atoms with Crippen molar-refractivity contribution >= 4 is 11.4 Å². The van der Waals surface area contributed by atoms with Crippen molar-refractivity contribution in [1.82, 2.24) is 0 Å². The summed E-state index contributed by atoms with van der Waals surface area (Å²) in [5.41, 5.74) is 7.60. The van der Waals surface area contributed by atoms with E-state index >= 15 is 0 Å². The van der Waals surface area contributed by atoms with Gasteiger partial charge in [0.2, 0.25) is 0 Å². The molecule has 1 aliphatic rings. The van der Waals surface area contributed by atoms with Crippen molar-refractivity contribution in [1.29, 1.82) is 0 Å². The molecular weight excluding hydrogens is 164 g/mol. The van der Waals surface area contributed by atoms with E-state index in [0.717, 1.165) is 17.1 Å². The van der Waals surface area contributed by atoms with E-state index < -0.39 is 0 Å². The Morgan fingerprint density at radius 1 is 1.46 bits per heavy atom. The lowest BCUT2D eigenvalue weighted by atomic mass is 10.2. The van der Waals surface area contributed by atoms with Crippen LogP contribution in [0.15, 0.2) is 18.2 Å². The molecule has 3 N–H and O–H groups in total. The van der Waals surface area contributed by atoms with Gasteiger partial charge in [0.1, 0.15) is 5.75 Å². The SMILES string of the molecule is COc1ccc(NC2CC2)c(N)c1. The van der Waals surface area contributed by atoms with Gasteiger partial charge in [0, 0.05) is 12.1 Å². The van der Waals surface area contributed by atoms with Crippen LogP contribution in [0.1, 0.15) is 12.8 Å². The number of hydrogen-bond acceptors (Lipinski definition) is 3. The Morgan fingerprint density at radius 2 is 2.23 bits per heavy atom. The van der Waals surface area contributed by atoms with Crippen LogP contribution in [0.3, 0.4) is 0 Å². The molecule has 0 bridgehead atoms. The molecule has 1 aliphatic carbocycles. The molecule has 1 aromatic carbocycles. The molecular formula is C10H14N2O. The lowest BCUT2D eigenvalue weighted by molar-refractivity contribution is 0.415. The third-order valence-electron chi connectivity index (χ3n) is 2.20.